The van der Waals surface area contributed by atoms with Crippen LogP contribution in [0.25, 0.3) is 22.4 Å². The van der Waals surface area contributed by atoms with E-state index in [0.29, 0.717) is 21.8 Å². The molecule has 0 spiro atoms. The number of aromatic nitrogens is 1. The summed E-state index contributed by atoms with van der Waals surface area (Å²) in [6.07, 6.45) is 1.61. The number of carbonyl (C=O) groups excluding carboxylic acids is 1. The van der Waals surface area contributed by atoms with Crippen LogP contribution in [-0.2, 0) is 9.84 Å². The maximum Gasteiger partial charge on any atom is 0.250 e. The highest BCUT2D eigenvalue weighted by Gasteiger charge is 2.25. The van der Waals surface area contributed by atoms with Crippen molar-refractivity contribution in [1.82, 2.24) is 4.98 Å². The van der Waals surface area contributed by atoms with Crippen LogP contribution in [0.1, 0.15) is 10.4 Å². The fourth-order valence-electron chi connectivity index (χ4n) is 2.91. The molecule has 0 saturated carbocycles. The normalized spacial score (nSPS) is 11.4. The van der Waals surface area contributed by atoms with E-state index in [1.165, 1.54) is 12.1 Å². The molecule has 150 valence electrons. The van der Waals surface area contributed by atoms with Gasteiger partial charge in [-0.15, -0.1) is 0 Å². The fourth-order valence-corrected chi connectivity index (χ4v) is 4.81. The standard InChI is InChI=1S/C20H16Cl2N2O4S/c21-15-6-4-12(11-14(15)16-3-1-2-8-24-16)18-17(29(27,28)10-9-25)7-5-13(19(18)22)20(23)26/h1-8,11,25H,9-10H2,(H2,23,26). The van der Waals surface area contributed by atoms with Gasteiger partial charge < -0.3 is 10.8 Å². The number of rotatable bonds is 6. The third kappa shape index (κ3) is 4.28. The number of primary amides is 1. The molecule has 1 amide bonds. The molecule has 6 nitrogen and oxygen atoms in total. The lowest BCUT2D eigenvalue weighted by atomic mass is 9.99. The SMILES string of the molecule is NC(=O)c1ccc(S(=O)(=O)CCO)c(-c2ccc(Cl)c(-c3ccccn3)c2)c1Cl. The van der Waals surface area contributed by atoms with E-state index in [4.69, 9.17) is 34.0 Å². The number of hydrogen-bond donors (Lipinski definition) is 2. The van der Waals surface area contributed by atoms with E-state index in [2.05, 4.69) is 4.98 Å². The summed E-state index contributed by atoms with van der Waals surface area (Å²) in [6.45, 7) is -0.559. The molecule has 0 saturated heterocycles. The number of carbonyl (C=O) groups is 1. The van der Waals surface area contributed by atoms with Crippen molar-refractivity contribution in [3.63, 3.8) is 0 Å². The summed E-state index contributed by atoms with van der Waals surface area (Å²) in [5.74, 6) is -1.28. The molecule has 1 heterocycles. The van der Waals surface area contributed by atoms with E-state index >= 15 is 0 Å². The van der Waals surface area contributed by atoms with Crippen molar-refractivity contribution in [3.05, 3.63) is 70.3 Å². The lowest BCUT2D eigenvalue weighted by molar-refractivity contribution is 0.100. The Bertz CT molecular complexity index is 1180. The van der Waals surface area contributed by atoms with Gasteiger partial charge >= 0.3 is 0 Å². The van der Waals surface area contributed by atoms with Crippen molar-refractivity contribution >= 4 is 38.9 Å². The minimum absolute atomic E-state index is 0.0149. The van der Waals surface area contributed by atoms with Gasteiger partial charge in [0.2, 0.25) is 5.91 Å². The largest absolute Gasteiger partial charge is 0.395 e. The molecule has 0 aliphatic carbocycles. The molecule has 1 aromatic heterocycles. The molecule has 0 unspecified atom stereocenters. The molecule has 0 aliphatic heterocycles. The van der Waals surface area contributed by atoms with Gasteiger partial charge in [-0.2, -0.15) is 0 Å². The number of amides is 1. The molecule has 3 aromatic rings. The van der Waals surface area contributed by atoms with E-state index in [9.17, 15) is 13.2 Å². The number of aliphatic hydroxyl groups excluding tert-OH is 1. The number of benzene rings is 2. The number of pyridine rings is 1. The topological polar surface area (TPSA) is 110 Å². The first-order valence-electron chi connectivity index (χ1n) is 8.43. The van der Waals surface area contributed by atoms with Crippen molar-refractivity contribution in [2.45, 2.75) is 4.90 Å². The van der Waals surface area contributed by atoms with Crippen molar-refractivity contribution in [2.75, 3.05) is 12.4 Å². The van der Waals surface area contributed by atoms with Crippen LogP contribution >= 0.6 is 23.2 Å². The highest BCUT2D eigenvalue weighted by atomic mass is 35.5. The summed E-state index contributed by atoms with van der Waals surface area (Å²) in [7, 11) is -3.88. The van der Waals surface area contributed by atoms with Gasteiger partial charge in [-0.3, -0.25) is 9.78 Å². The van der Waals surface area contributed by atoms with Gasteiger partial charge in [0, 0.05) is 22.3 Å². The van der Waals surface area contributed by atoms with Gasteiger partial charge in [0.1, 0.15) is 0 Å². The molecule has 2 aromatic carbocycles. The van der Waals surface area contributed by atoms with Crippen LogP contribution < -0.4 is 5.73 Å². The molecular formula is C20H16Cl2N2O4S. The van der Waals surface area contributed by atoms with Crippen LogP contribution in [0.15, 0.2) is 59.6 Å². The van der Waals surface area contributed by atoms with Gasteiger partial charge in [0.25, 0.3) is 0 Å². The molecule has 0 bridgehead atoms. The molecule has 3 N–H and O–H groups in total. The molecule has 3 rings (SSSR count). The Balaban J connectivity index is 2.33. The second-order valence-corrected chi connectivity index (χ2v) is 8.98. The first kappa shape index (κ1) is 21.3. The van der Waals surface area contributed by atoms with Gasteiger partial charge in [-0.25, -0.2) is 8.42 Å². The molecule has 9 heteroatoms. The number of sulfone groups is 1. The lowest BCUT2D eigenvalue weighted by Crippen LogP contribution is -2.15. The number of hydrogen-bond acceptors (Lipinski definition) is 5. The summed E-state index contributed by atoms with van der Waals surface area (Å²) in [5, 5.41) is 9.47. The predicted molar refractivity (Wildman–Crippen MR) is 113 cm³/mol. The maximum atomic E-state index is 12.7. The van der Waals surface area contributed by atoms with Crippen LogP contribution in [0.3, 0.4) is 0 Å². The van der Waals surface area contributed by atoms with Crippen LogP contribution in [0.5, 0.6) is 0 Å². The monoisotopic (exact) mass is 450 g/mol. The highest BCUT2D eigenvalue weighted by Crippen LogP contribution is 2.40. The van der Waals surface area contributed by atoms with E-state index in [1.54, 1.807) is 42.6 Å². The number of nitrogens with two attached hydrogens (primary N) is 1. The van der Waals surface area contributed by atoms with E-state index < -0.39 is 28.1 Å². The first-order chi connectivity index (χ1) is 13.8. The van der Waals surface area contributed by atoms with Gasteiger partial charge in [0.05, 0.1) is 33.5 Å². The quantitative estimate of drug-likeness (QED) is 0.595. The van der Waals surface area contributed by atoms with Gasteiger partial charge in [-0.05, 0) is 42.0 Å². The first-order valence-corrected chi connectivity index (χ1v) is 10.8. The van der Waals surface area contributed by atoms with Crippen molar-refractivity contribution < 1.29 is 18.3 Å². The van der Waals surface area contributed by atoms with Crippen LogP contribution in [0.2, 0.25) is 10.0 Å². The lowest BCUT2D eigenvalue weighted by Gasteiger charge is -2.16. The van der Waals surface area contributed by atoms with Crippen molar-refractivity contribution in [1.29, 1.82) is 0 Å². The minimum Gasteiger partial charge on any atom is -0.395 e. The van der Waals surface area contributed by atoms with Crippen molar-refractivity contribution in [3.8, 4) is 22.4 Å². The summed E-state index contributed by atoms with van der Waals surface area (Å²) in [6, 6.07) is 12.7. The zero-order chi connectivity index (χ0) is 21.2. The Labute approximate surface area is 177 Å². The second-order valence-electron chi connectivity index (χ2n) is 6.12. The second kappa shape index (κ2) is 8.51. The van der Waals surface area contributed by atoms with Gasteiger partial charge in [-0.1, -0.05) is 35.3 Å². The Hall–Kier alpha value is -2.45. The van der Waals surface area contributed by atoms with Crippen LogP contribution in [-0.4, -0.2) is 36.8 Å². The Morgan fingerprint density at radius 2 is 1.86 bits per heavy atom. The minimum atomic E-state index is -3.88. The average molecular weight is 451 g/mol. The third-order valence-electron chi connectivity index (χ3n) is 4.26. The number of halogens is 2. The summed E-state index contributed by atoms with van der Waals surface area (Å²) < 4.78 is 25.4. The summed E-state index contributed by atoms with van der Waals surface area (Å²) >= 11 is 12.7. The number of aliphatic hydroxyl groups is 1. The summed E-state index contributed by atoms with van der Waals surface area (Å²) in [4.78, 5) is 15.9. The van der Waals surface area contributed by atoms with E-state index in [1.807, 2.05) is 0 Å². The molecule has 0 fully saturated rings. The van der Waals surface area contributed by atoms with Crippen LogP contribution in [0, 0.1) is 0 Å². The molecule has 29 heavy (non-hydrogen) atoms. The molecule has 0 radical (unpaired) electrons. The Morgan fingerprint density at radius 3 is 2.48 bits per heavy atom. The van der Waals surface area contributed by atoms with Crippen LogP contribution in [0.4, 0.5) is 0 Å². The predicted octanol–water partition coefficient (Wildman–Crippen LogP) is 3.59. The Kier molecular flexibility index (Phi) is 6.24. The zero-order valence-corrected chi connectivity index (χ0v) is 17.3. The van der Waals surface area contributed by atoms with Gasteiger partial charge in [0.15, 0.2) is 9.84 Å². The van der Waals surface area contributed by atoms with Crippen molar-refractivity contribution in [2.24, 2.45) is 5.73 Å². The van der Waals surface area contributed by atoms with E-state index in [0.717, 1.165) is 0 Å². The summed E-state index contributed by atoms with van der Waals surface area (Å²) in [5.41, 5.74) is 7.05. The third-order valence-corrected chi connectivity index (χ3v) is 6.71. The molecule has 0 aliphatic rings. The maximum absolute atomic E-state index is 12.7. The Morgan fingerprint density at radius 1 is 1.10 bits per heavy atom. The smallest absolute Gasteiger partial charge is 0.250 e. The molecule has 0 atom stereocenters. The fraction of sp³-hybridized carbons (Fsp3) is 0.100. The van der Waals surface area contributed by atoms with E-state index in [-0.39, 0.29) is 21.0 Å². The highest BCUT2D eigenvalue weighted by molar-refractivity contribution is 7.91. The molecular weight excluding hydrogens is 435 g/mol. The zero-order valence-electron chi connectivity index (χ0n) is 15.0. The number of nitrogens with zero attached hydrogens (tertiary/aromatic N) is 1. The average Bonchev–Trinajstić information content (AvgIpc) is 2.68.